The molecule has 4 saturated heterocycles. The molecule has 6 heterocycles. The van der Waals surface area contributed by atoms with E-state index >= 15 is 0 Å². The van der Waals surface area contributed by atoms with Crippen molar-refractivity contribution in [2.75, 3.05) is 39.4 Å². The molecule has 6 aromatic rings. The fourth-order valence-corrected chi connectivity index (χ4v) is 12.0. The Kier molecular flexibility index (Phi) is 14.0. The van der Waals surface area contributed by atoms with Gasteiger partial charge in [-0.3, -0.25) is 19.4 Å². The number of H-pyrrole nitrogens is 2. The second-order valence-corrected chi connectivity index (χ2v) is 20.3. The Morgan fingerprint density at radius 3 is 1.32 bits per heavy atom. The van der Waals surface area contributed by atoms with Gasteiger partial charge in [-0.2, -0.15) is 0 Å². The summed E-state index contributed by atoms with van der Waals surface area (Å²) in [6.07, 6.45) is 15.8. The van der Waals surface area contributed by atoms with Crippen molar-refractivity contribution in [1.82, 2.24) is 39.5 Å². The predicted molar refractivity (Wildman–Crippen MR) is 284 cm³/mol. The molecule has 0 saturated carbocycles. The van der Waals surface area contributed by atoms with E-state index in [1.54, 1.807) is 9.80 Å². The van der Waals surface area contributed by atoms with Crippen LogP contribution >= 0.6 is 0 Å². The van der Waals surface area contributed by atoms with Gasteiger partial charge in [-0.05, 0) is 122 Å². The van der Waals surface area contributed by atoms with Crippen LogP contribution in [0.15, 0.2) is 123 Å². The molecule has 4 bridgehead atoms. The molecule has 1 unspecified atom stereocenters. The summed E-state index contributed by atoms with van der Waals surface area (Å²) in [6.45, 7) is 9.78. The third kappa shape index (κ3) is 9.77. The summed E-state index contributed by atoms with van der Waals surface area (Å²) in [7, 11) is 0. The van der Waals surface area contributed by atoms with E-state index in [4.69, 9.17) is 19.4 Å². The lowest BCUT2D eigenvalue weighted by atomic mass is 9.87. The van der Waals surface area contributed by atoms with E-state index < -0.39 is 24.3 Å². The lowest BCUT2D eigenvalue weighted by molar-refractivity contribution is -0.137. The van der Waals surface area contributed by atoms with Crippen molar-refractivity contribution in [3.8, 4) is 44.8 Å². The topological polar surface area (TPSA) is 157 Å². The molecule has 2 aromatic heterocycles. The van der Waals surface area contributed by atoms with Crippen LogP contribution in [0.25, 0.3) is 44.8 Å². The first-order valence-electron chi connectivity index (χ1n) is 26.5. The lowest BCUT2D eigenvalue weighted by Gasteiger charge is -2.30. The van der Waals surface area contributed by atoms with Gasteiger partial charge in [-0.25, -0.2) is 19.6 Å². The summed E-state index contributed by atoms with van der Waals surface area (Å²) in [5, 5.41) is 0. The Morgan fingerprint density at radius 2 is 0.905 bits per heavy atom. The van der Waals surface area contributed by atoms with E-state index in [9.17, 15) is 19.2 Å². The van der Waals surface area contributed by atoms with E-state index in [0.717, 1.165) is 98.4 Å². The first-order valence-corrected chi connectivity index (χ1v) is 26.5. The summed E-state index contributed by atoms with van der Waals surface area (Å²) in [5.74, 6) is 1.45. The van der Waals surface area contributed by atoms with Crippen molar-refractivity contribution in [3.05, 3.63) is 157 Å². The summed E-state index contributed by atoms with van der Waals surface area (Å²) in [4.78, 5) is 77.1. The van der Waals surface area contributed by atoms with Crippen LogP contribution in [0.1, 0.15) is 97.4 Å². The van der Waals surface area contributed by atoms with Crippen LogP contribution < -0.4 is 0 Å². The molecule has 4 aliphatic carbocycles. The van der Waals surface area contributed by atoms with Crippen LogP contribution in [-0.4, -0.2) is 115 Å². The molecule has 380 valence electrons. The van der Waals surface area contributed by atoms with Crippen molar-refractivity contribution in [3.63, 3.8) is 0 Å². The van der Waals surface area contributed by atoms with Crippen LogP contribution in [0.2, 0.25) is 0 Å². The minimum Gasteiger partial charge on any atom is -0.445 e. The standard InChI is InChI=1S/C60H64N8O6/c1-3-33-73-59(71)67-31-7-11-53(67)57(69)65-29-5-9-51(65)55-61-37-49(63-55)45-25-21-43(22-26-45)47-35-39-13-17-41(47)19-15-40-14-18-42(20-16-39)48(36-40)44-23-27-46(28-24-44)50-38-62-56(64-50)52-10-6-30-66(52)58(70)54-12-8-32-68(54)60(72)74-34-4-2/h3-4,13-14,17-18,21-28,35-38,51-54H,1-2,5-12,15-16,19-20,29-34H2,(H,61,63)(H,62,64)/t51-,52?,53-,54-/m0/s1. The molecular weight excluding hydrogens is 929 g/mol. The van der Waals surface area contributed by atoms with Crippen molar-refractivity contribution in [1.29, 1.82) is 0 Å². The SMILES string of the molecule is C=CCOC(=O)N1CCC[C@H]1C(=O)N1CCCC1c1nc(-c2ccc(-c3cc4ccc3CCc3ccc(c(-c5ccc(-c6c[nH]c([C@@H]7CCCN7C(=O)[C@@H]7CCCN7C(=O)OCC=C)n6)cc5)c3)CC4)cc2)c[nH]1. The minimum atomic E-state index is -0.523. The third-order valence-corrected chi connectivity index (χ3v) is 15.8. The molecule has 2 N–H and O–H groups in total. The zero-order valence-corrected chi connectivity index (χ0v) is 42.0. The molecule has 4 aliphatic heterocycles. The maximum atomic E-state index is 13.9. The average molecular weight is 993 g/mol. The van der Waals surface area contributed by atoms with Gasteiger partial charge in [0.05, 0.1) is 23.5 Å². The van der Waals surface area contributed by atoms with Crippen molar-refractivity contribution >= 4 is 24.0 Å². The summed E-state index contributed by atoms with van der Waals surface area (Å²) < 4.78 is 10.6. The van der Waals surface area contributed by atoms with Gasteiger partial charge in [0.2, 0.25) is 11.8 Å². The zero-order valence-electron chi connectivity index (χ0n) is 42.0. The van der Waals surface area contributed by atoms with Crippen LogP contribution in [0.5, 0.6) is 0 Å². The van der Waals surface area contributed by atoms with Gasteiger partial charge in [-0.15, -0.1) is 0 Å². The number of carbonyl (C=O) groups excluding carboxylic acids is 4. The highest BCUT2D eigenvalue weighted by molar-refractivity contribution is 5.88. The molecular formula is C60H64N8O6. The normalized spacial score (nSPS) is 20.4. The van der Waals surface area contributed by atoms with Crippen molar-refractivity contribution < 1.29 is 28.7 Å². The van der Waals surface area contributed by atoms with E-state index in [1.165, 1.54) is 56.7 Å². The third-order valence-electron chi connectivity index (χ3n) is 15.8. The number of imidazole rings is 2. The second kappa shape index (κ2) is 21.4. The Bertz CT molecular complexity index is 2860. The molecule has 74 heavy (non-hydrogen) atoms. The number of hydrogen-bond acceptors (Lipinski definition) is 8. The molecule has 8 aliphatic rings. The van der Waals surface area contributed by atoms with Gasteiger partial charge >= 0.3 is 12.2 Å². The fraction of sp³-hybridized carbons (Fsp3) is 0.367. The van der Waals surface area contributed by atoms with Crippen molar-refractivity contribution in [2.24, 2.45) is 0 Å². The van der Waals surface area contributed by atoms with E-state index in [2.05, 4.69) is 108 Å². The zero-order chi connectivity index (χ0) is 50.7. The van der Waals surface area contributed by atoms with E-state index in [0.29, 0.717) is 39.0 Å². The highest BCUT2D eigenvalue weighted by Gasteiger charge is 2.43. The van der Waals surface area contributed by atoms with E-state index in [-0.39, 0.29) is 37.1 Å². The number of benzene rings is 4. The Hall–Kier alpha value is -7.74. The molecule has 14 nitrogen and oxygen atoms in total. The first-order chi connectivity index (χ1) is 36.2. The van der Waals surface area contributed by atoms with Crippen LogP contribution in [0.3, 0.4) is 0 Å². The number of hydrogen-bond donors (Lipinski definition) is 2. The number of aromatic amines is 2. The molecule has 0 radical (unpaired) electrons. The maximum Gasteiger partial charge on any atom is 0.410 e. The number of nitrogens with zero attached hydrogens (tertiary/aromatic N) is 6. The molecule has 14 heteroatoms. The summed E-state index contributed by atoms with van der Waals surface area (Å²) in [5.41, 5.74) is 13.7. The van der Waals surface area contributed by atoms with Gasteiger partial charge in [0.1, 0.15) is 36.9 Å². The smallest absolute Gasteiger partial charge is 0.410 e. The molecule has 0 spiro atoms. The van der Waals surface area contributed by atoms with Gasteiger partial charge in [0.25, 0.3) is 0 Å². The Morgan fingerprint density at radius 1 is 0.514 bits per heavy atom. The number of rotatable bonds is 12. The van der Waals surface area contributed by atoms with Crippen LogP contribution in [0, 0.1) is 0 Å². The maximum absolute atomic E-state index is 13.9. The molecule has 14 rings (SSSR count). The lowest BCUT2D eigenvalue weighted by Crippen LogP contribution is -2.47. The number of amides is 4. The van der Waals surface area contributed by atoms with Gasteiger partial charge in [-0.1, -0.05) is 110 Å². The highest BCUT2D eigenvalue weighted by Crippen LogP contribution is 2.38. The van der Waals surface area contributed by atoms with Gasteiger partial charge in [0.15, 0.2) is 0 Å². The van der Waals surface area contributed by atoms with Gasteiger partial charge < -0.3 is 29.2 Å². The average Bonchev–Trinajstić information content (AvgIpc) is 4.30. The summed E-state index contributed by atoms with van der Waals surface area (Å²) >= 11 is 0. The quantitative estimate of drug-likeness (QED) is 0.115. The molecule has 4 atom stereocenters. The number of aromatic nitrogens is 4. The molecule has 4 aromatic carbocycles. The monoisotopic (exact) mass is 992 g/mol. The first kappa shape index (κ1) is 48.5. The number of nitrogens with one attached hydrogen (secondary N) is 2. The van der Waals surface area contributed by atoms with E-state index in [1.807, 2.05) is 22.2 Å². The van der Waals surface area contributed by atoms with Gasteiger partial charge in [0, 0.05) is 49.7 Å². The molecule has 4 amide bonds. The number of aryl methyl sites for hydroxylation is 4. The minimum absolute atomic E-state index is 0.0409. The van der Waals surface area contributed by atoms with Crippen LogP contribution in [-0.2, 0) is 44.7 Å². The Labute approximate surface area is 432 Å². The highest BCUT2D eigenvalue weighted by atomic mass is 16.6. The number of carbonyl (C=O) groups is 4. The second-order valence-electron chi connectivity index (χ2n) is 20.3. The van der Waals surface area contributed by atoms with Crippen molar-refractivity contribution in [2.45, 2.75) is 101 Å². The number of likely N-dealkylation sites (tertiary alicyclic amines) is 4. The number of ether oxygens (including phenoxy) is 2. The largest absolute Gasteiger partial charge is 0.445 e. The Balaban J connectivity index is 0.746. The summed E-state index contributed by atoms with van der Waals surface area (Å²) in [6, 6.07) is 29.9. The predicted octanol–water partition coefficient (Wildman–Crippen LogP) is 10.6. The fourth-order valence-electron chi connectivity index (χ4n) is 12.0. The van der Waals surface area contributed by atoms with Crippen LogP contribution in [0.4, 0.5) is 9.59 Å². The molecule has 4 fully saturated rings.